The van der Waals surface area contributed by atoms with Gasteiger partial charge in [0.1, 0.15) is 30.3 Å². The van der Waals surface area contributed by atoms with E-state index in [-0.39, 0.29) is 121 Å². The smallest absolute Gasteiger partial charge is 0.415 e. The SMILES string of the molecule is COCCOCCOCCOCCn1cc(C(=O)Nc2ccc3nc(C(=O)N4C[C@@H](CCl)c5c4cc(OC(=O)N(CCOCCO)CCN(C)C(=O)OCc4ccc(NC(=O)[C@H](CCCNC(N)=O)CC(=O)[C@@H](NC(=O)OCCN6C(=O)C=CC6=O)C(C)C)cc4)c4cccc(C)c54)cn3c2)nn1. The molecule has 0 unspecified atom stereocenters. The summed E-state index contributed by atoms with van der Waals surface area (Å²) in [7, 11) is 3.09. The number of amides is 10. The molecule has 3 aromatic carbocycles. The monoisotopic (exact) mass is 1450 g/mol. The molecule has 0 radical (unpaired) electrons. The number of anilines is 3. The summed E-state index contributed by atoms with van der Waals surface area (Å²) in [6.07, 6.45) is 4.47. The van der Waals surface area contributed by atoms with Crippen LogP contribution in [-0.4, -0.2) is 242 Å². The molecule has 6 aromatic rings. The summed E-state index contributed by atoms with van der Waals surface area (Å²) in [6, 6.07) is 15.0. The van der Waals surface area contributed by atoms with Gasteiger partial charge in [-0.05, 0) is 72.0 Å². The largest absolute Gasteiger partial charge is 0.448 e. The van der Waals surface area contributed by atoms with Crippen molar-refractivity contribution in [1.29, 1.82) is 0 Å². The molecule has 103 heavy (non-hydrogen) atoms. The highest BCUT2D eigenvalue weighted by atomic mass is 35.5. The highest BCUT2D eigenvalue weighted by Gasteiger charge is 2.38. The van der Waals surface area contributed by atoms with E-state index < -0.39 is 77.5 Å². The van der Waals surface area contributed by atoms with Crippen molar-refractivity contribution in [2.24, 2.45) is 17.6 Å². The maximum absolute atomic E-state index is 14.7. The first kappa shape index (κ1) is 78.6. The number of ether oxygens (including phenoxy) is 8. The van der Waals surface area contributed by atoms with Crippen LogP contribution in [0.2, 0.25) is 0 Å². The number of benzene rings is 3. The molecule has 34 heteroatoms. The Kier molecular flexibility index (Phi) is 30.0. The summed E-state index contributed by atoms with van der Waals surface area (Å²) in [5.74, 6) is -4.49. The fraction of sp³-hybridized carbons (Fsp3) is 0.464. The number of carbonyl (C=O) groups excluding carboxylic acids is 10. The van der Waals surface area contributed by atoms with Gasteiger partial charge >= 0.3 is 24.3 Å². The van der Waals surface area contributed by atoms with E-state index in [2.05, 4.69) is 36.6 Å². The van der Waals surface area contributed by atoms with Gasteiger partial charge in [0.25, 0.3) is 23.6 Å². The number of nitrogens with zero attached hydrogens (tertiary/aromatic N) is 9. The van der Waals surface area contributed by atoms with Crippen molar-refractivity contribution < 1.29 is 90.9 Å². The fourth-order valence-corrected chi connectivity index (χ4v) is 11.5. The molecule has 0 fully saturated rings. The van der Waals surface area contributed by atoms with Gasteiger partial charge in [0.2, 0.25) is 5.91 Å². The lowest BCUT2D eigenvalue weighted by Gasteiger charge is -2.26. The van der Waals surface area contributed by atoms with Gasteiger partial charge in [0, 0.05) is 113 Å². The number of fused-ring (bicyclic) bond motifs is 4. The summed E-state index contributed by atoms with van der Waals surface area (Å²) in [6.45, 7) is 7.82. The van der Waals surface area contributed by atoms with Crippen molar-refractivity contribution >= 4 is 105 Å². The quantitative estimate of drug-likeness (QED) is 0.0166. The standard InChI is InChI=1S/C69H87ClN14O19/c1-44(2)62(76-67(93)101-28-24-83-58(87)17-18-59(83)88)55(86)36-47(9-7-19-72-66(71)92)63(89)73-49-13-11-46(12-14-49)43-102-68(94)79(4)20-21-80(22-26-97-29-25-85)69(95)103-56-37-54-61(60-45(3)8-6-10-51(56)60)48(38-70)39-84(54)65(91)53-41-81-40-50(15-16-57(81)75-53)74-64(90)52-42-82(78-77-52)23-27-98-32-33-100-35-34-99-31-30-96-5/h6,8,10-18,37,40-42,44,47-48,62,85H,7,9,19-36,38-39,43H2,1-5H3,(H,73,89)(H,74,90)(H,76,93)(H3,71,72,92)/t47-,48-,62+/m1/s1. The average molecular weight is 1450 g/mol. The first-order valence-electron chi connectivity index (χ1n) is 33.5. The molecule has 2 aliphatic rings. The number of rotatable bonds is 41. The molecular formula is C69H87ClN14O19. The number of aliphatic hydroxyl groups is 1. The number of aliphatic hydroxyl groups excluding tert-OH is 1. The number of hydrogen-bond acceptors (Lipinski definition) is 22. The number of urea groups is 1. The molecule has 0 saturated heterocycles. The van der Waals surface area contributed by atoms with Crippen LogP contribution in [0.15, 0.2) is 91.4 Å². The summed E-state index contributed by atoms with van der Waals surface area (Å²) in [5.41, 5.74) is 9.15. The van der Waals surface area contributed by atoms with Crippen LogP contribution in [0, 0.1) is 18.8 Å². The summed E-state index contributed by atoms with van der Waals surface area (Å²) in [5, 5.41) is 29.5. The van der Waals surface area contributed by atoms with Gasteiger partial charge in [-0.25, -0.2) is 28.8 Å². The van der Waals surface area contributed by atoms with E-state index in [9.17, 15) is 53.1 Å². The molecule has 0 aliphatic carbocycles. The van der Waals surface area contributed by atoms with Gasteiger partial charge < -0.3 is 89.1 Å². The van der Waals surface area contributed by atoms with Crippen molar-refractivity contribution in [2.45, 2.75) is 65.1 Å². The summed E-state index contributed by atoms with van der Waals surface area (Å²) in [4.78, 5) is 141. The Morgan fingerprint density at radius 2 is 1.49 bits per heavy atom. The van der Waals surface area contributed by atoms with Gasteiger partial charge in [-0.15, -0.1) is 16.7 Å². The van der Waals surface area contributed by atoms with E-state index >= 15 is 0 Å². The zero-order chi connectivity index (χ0) is 74.0. The molecule has 554 valence electrons. The number of aromatic nitrogens is 5. The molecule has 33 nitrogen and oxygen atoms in total. The van der Waals surface area contributed by atoms with Crippen LogP contribution < -0.4 is 36.6 Å². The number of nitrogens with one attached hydrogen (secondary N) is 4. The number of alkyl carbamates (subject to hydrolysis) is 1. The topological polar surface area (TPSA) is 400 Å². The number of pyridine rings is 1. The Morgan fingerprint density at radius 1 is 0.777 bits per heavy atom. The van der Waals surface area contributed by atoms with Crippen molar-refractivity contribution in [3.8, 4) is 5.75 Å². The van der Waals surface area contributed by atoms with Gasteiger partial charge in [0.05, 0.1) is 103 Å². The number of ketones is 1. The van der Waals surface area contributed by atoms with Gasteiger partial charge in [-0.1, -0.05) is 49.4 Å². The fourth-order valence-electron chi connectivity index (χ4n) is 11.2. The van der Waals surface area contributed by atoms with Crippen LogP contribution in [0.4, 0.5) is 36.2 Å². The van der Waals surface area contributed by atoms with E-state index in [4.69, 9.17) is 55.2 Å². The predicted octanol–water partition coefficient (Wildman–Crippen LogP) is 5.04. The summed E-state index contributed by atoms with van der Waals surface area (Å²) < 4.78 is 47.1. The van der Waals surface area contributed by atoms with Crippen molar-refractivity contribution in [1.82, 2.24) is 49.7 Å². The normalized spacial score (nSPS) is 13.8. The number of likely N-dealkylation sites (N-methyl/N-ethyl adjacent to an activating group) is 1. The number of methoxy groups -OCH3 is 1. The molecule has 3 atom stereocenters. The number of primary amides is 1. The van der Waals surface area contributed by atoms with E-state index in [1.165, 1.54) is 27.7 Å². The Morgan fingerprint density at radius 3 is 2.18 bits per heavy atom. The second-order valence-corrected chi connectivity index (χ2v) is 24.7. The molecule has 0 spiro atoms. The Bertz CT molecular complexity index is 3960. The number of nitrogens with two attached hydrogens (primary N) is 1. The maximum atomic E-state index is 14.7. The number of alkyl halides is 1. The lowest BCUT2D eigenvalue weighted by atomic mass is 9.89. The number of Topliss-reactive ketones (excluding diaryl/α,β-unsaturated/α-hetero) is 1. The maximum Gasteiger partial charge on any atom is 0.415 e. The molecule has 10 amide bonds. The van der Waals surface area contributed by atoms with Crippen LogP contribution in [0.5, 0.6) is 5.75 Å². The van der Waals surface area contributed by atoms with Crippen LogP contribution in [0.3, 0.4) is 0 Å². The first-order valence-corrected chi connectivity index (χ1v) is 34.0. The molecule has 8 rings (SSSR count). The third-order valence-electron chi connectivity index (χ3n) is 16.6. The Balaban J connectivity index is 0.862. The van der Waals surface area contributed by atoms with Gasteiger partial charge in [-0.2, -0.15) is 0 Å². The zero-order valence-corrected chi connectivity index (χ0v) is 58.8. The molecule has 7 N–H and O–H groups in total. The number of carbonyl (C=O) groups is 10. The molecular weight excluding hydrogens is 1360 g/mol. The Hall–Kier alpha value is -10.2. The summed E-state index contributed by atoms with van der Waals surface area (Å²) >= 11 is 6.69. The van der Waals surface area contributed by atoms with Crippen LogP contribution >= 0.6 is 11.6 Å². The number of imidazole rings is 1. The highest BCUT2D eigenvalue weighted by molar-refractivity contribution is 6.19. The van der Waals surface area contributed by atoms with Crippen molar-refractivity contribution in [3.63, 3.8) is 0 Å². The third kappa shape index (κ3) is 22.7. The number of hydrogen-bond donors (Lipinski definition) is 6. The average Bonchev–Trinajstić information content (AvgIpc) is 1.62. The molecule has 3 aromatic heterocycles. The van der Waals surface area contributed by atoms with Crippen LogP contribution in [0.25, 0.3) is 16.4 Å². The van der Waals surface area contributed by atoms with E-state index in [0.29, 0.717) is 86.5 Å². The first-order chi connectivity index (χ1) is 49.7. The van der Waals surface area contributed by atoms with Gasteiger partial charge in [-0.3, -0.25) is 33.7 Å². The van der Waals surface area contributed by atoms with Crippen molar-refractivity contribution in [2.75, 3.05) is 148 Å². The second kappa shape index (κ2) is 39.3. The van der Waals surface area contributed by atoms with E-state index in [1.807, 2.05) is 25.1 Å². The molecule has 0 bridgehead atoms. The zero-order valence-electron chi connectivity index (χ0n) is 58.0. The molecule has 5 heterocycles. The van der Waals surface area contributed by atoms with Gasteiger partial charge in [0.15, 0.2) is 11.5 Å². The Labute approximate surface area is 598 Å². The van der Waals surface area contributed by atoms with E-state index in [0.717, 1.165) is 33.6 Å². The van der Waals surface area contributed by atoms with Crippen LogP contribution in [0.1, 0.15) is 76.7 Å². The minimum atomic E-state index is -1.08. The lowest BCUT2D eigenvalue weighted by Crippen LogP contribution is -2.46. The minimum Gasteiger partial charge on any atom is -0.448 e. The van der Waals surface area contributed by atoms with E-state index in [1.54, 1.807) is 85.1 Å². The third-order valence-corrected chi connectivity index (χ3v) is 17.0. The highest BCUT2D eigenvalue weighted by Crippen LogP contribution is 2.47. The molecule has 0 saturated carbocycles. The lowest BCUT2D eigenvalue weighted by molar-refractivity contribution is -0.137. The number of halogens is 1. The molecule has 2 aliphatic heterocycles. The van der Waals surface area contributed by atoms with Crippen molar-refractivity contribution in [3.05, 3.63) is 119 Å². The number of aryl methyl sites for hydroxylation is 1. The minimum absolute atomic E-state index is 0.000488. The number of imide groups is 1. The van der Waals surface area contributed by atoms with Crippen LogP contribution in [-0.2, 0) is 65.5 Å². The second-order valence-electron chi connectivity index (χ2n) is 24.3. The predicted molar refractivity (Wildman–Crippen MR) is 374 cm³/mol.